The molecule has 1 atom stereocenters. The summed E-state index contributed by atoms with van der Waals surface area (Å²) >= 11 is 11.9. The molecule has 2 aromatic heterocycles. The van der Waals surface area contributed by atoms with Crippen molar-refractivity contribution in [3.8, 4) is 11.4 Å². The van der Waals surface area contributed by atoms with Crippen LogP contribution < -0.4 is 5.32 Å². The van der Waals surface area contributed by atoms with Crippen molar-refractivity contribution < 1.29 is 14.1 Å². The summed E-state index contributed by atoms with van der Waals surface area (Å²) in [4.78, 5) is 35.3. The van der Waals surface area contributed by atoms with Gasteiger partial charge in [-0.15, -0.1) is 0 Å². The van der Waals surface area contributed by atoms with Crippen LogP contribution in [0.25, 0.3) is 11.4 Å². The van der Waals surface area contributed by atoms with Crippen LogP contribution in [0.5, 0.6) is 0 Å². The Morgan fingerprint density at radius 3 is 2.73 bits per heavy atom. The number of carbonyl (C=O) groups excluding carboxylic acids is 2. The SMILES string of the molecule is O=C(NCc1nc(-c2ccncc2)no1)C1CCCN1C(=O)c1ccc(Cl)c(Cl)c1. The Morgan fingerprint density at radius 2 is 1.97 bits per heavy atom. The third kappa shape index (κ3) is 4.29. The van der Waals surface area contributed by atoms with Gasteiger partial charge in [-0.25, -0.2) is 0 Å². The monoisotopic (exact) mass is 445 g/mol. The largest absolute Gasteiger partial charge is 0.345 e. The molecule has 30 heavy (non-hydrogen) atoms. The van der Waals surface area contributed by atoms with Gasteiger partial charge in [-0.2, -0.15) is 4.98 Å². The molecule has 3 aromatic rings. The van der Waals surface area contributed by atoms with Crippen molar-refractivity contribution in [1.29, 1.82) is 0 Å². The Hall–Kier alpha value is -2.97. The van der Waals surface area contributed by atoms with Crippen LogP contribution >= 0.6 is 23.2 Å². The van der Waals surface area contributed by atoms with Gasteiger partial charge in [-0.1, -0.05) is 28.4 Å². The molecule has 1 aliphatic rings. The van der Waals surface area contributed by atoms with Crippen molar-refractivity contribution in [2.45, 2.75) is 25.4 Å². The van der Waals surface area contributed by atoms with E-state index in [0.717, 1.165) is 12.0 Å². The summed E-state index contributed by atoms with van der Waals surface area (Å²) in [6, 6.07) is 7.63. The van der Waals surface area contributed by atoms with Gasteiger partial charge < -0.3 is 14.7 Å². The topological polar surface area (TPSA) is 101 Å². The van der Waals surface area contributed by atoms with Gasteiger partial charge in [0.25, 0.3) is 5.91 Å². The molecule has 154 valence electrons. The Balaban J connectivity index is 1.40. The average Bonchev–Trinajstić information content (AvgIpc) is 3.44. The third-order valence-electron chi connectivity index (χ3n) is 4.80. The molecular formula is C20H17Cl2N5O3. The fraction of sp³-hybridized carbons (Fsp3) is 0.250. The molecule has 1 aromatic carbocycles. The molecule has 0 saturated carbocycles. The van der Waals surface area contributed by atoms with E-state index in [9.17, 15) is 9.59 Å². The number of amides is 2. The van der Waals surface area contributed by atoms with Crippen LogP contribution in [0.2, 0.25) is 10.0 Å². The zero-order valence-electron chi connectivity index (χ0n) is 15.7. The molecule has 8 nitrogen and oxygen atoms in total. The maximum absolute atomic E-state index is 12.9. The lowest BCUT2D eigenvalue weighted by molar-refractivity contribution is -0.125. The van der Waals surface area contributed by atoms with E-state index in [4.69, 9.17) is 27.7 Å². The van der Waals surface area contributed by atoms with E-state index < -0.39 is 6.04 Å². The highest BCUT2D eigenvalue weighted by Crippen LogP contribution is 2.26. The quantitative estimate of drug-likeness (QED) is 0.645. The molecule has 1 unspecified atom stereocenters. The number of hydrogen-bond donors (Lipinski definition) is 1. The van der Waals surface area contributed by atoms with Crippen LogP contribution in [-0.4, -0.2) is 44.4 Å². The van der Waals surface area contributed by atoms with Gasteiger partial charge >= 0.3 is 0 Å². The minimum Gasteiger partial charge on any atom is -0.345 e. The van der Waals surface area contributed by atoms with E-state index in [0.29, 0.717) is 34.4 Å². The average molecular weight is 446 g/mol. The second kappa shape index (κ2) is 8.81. The van der Waals surface area contributed by atoms with Gasteiger partial charge in [-0.05, 0) is 43.2 Å². The van der Waals surface area contributed by atoms with Crippen LogP contribution in [0, 0.1) is 0 Å². The van der Waals surface area contributed by atoms with Crippen molar-refractivity contribution in [2.24, 2.45) is 0 Å². The first-order chi connectivity index (χ1) is 14.5. The fourth-order valence-electron chi connectivity index (χ4n) is 3.30. The minimum atomic E-state index is -0.574. The van der Waals surface area contributed by atoms with E-state index in [-0.39, 0.29) is 24.2 Å². The van der Waals surface area contributed by atoms with E-state index >= 15 is 0 Å². The number of nitrogens with one attached hydrogen (secondary N) is 1. The van der Waals surface area contributed by atoms with Gasteiger partial charge in [0, 0.05) is 30.1 Å². The number of rotatable bonds is 5. The smallest absolute Gasteiger partial charge is 0.254 e. The summed E-state index contributed by atoms with van der Waals surface area (Å²) in [5, 5.41) is 7.35. The van der Waals surface area contributed by atoms with E-state index in [1.165, 1.54) is 6.07 Å². The van der Waals surface area contributed by atoms with Crippen LogP contribution in [0.1, 0.15) is 29.1 Å². The van der Waals surface area contributed by atoms with Gasteiger partial charge in [-0.3, -0.25) is 14.6 Å². The van der Waals surface area contributed by atoms with E-state index in [1.807, 2.05) is 0 Å². The molecule has 1 N–H and O–H groups in total. The lowest BCUT2D eigenvalue weighted by Gasteiger charge is -2.24. The number of carbonyl (C=O) groups is 2. The molecule has 2 amide bonds. The molecule has 0 spiro atoms. The summed E-state index contributed by atoms with van der Waals surface area (Å²) in [5.74, 6) is 0.156. The Labute approximate surface area is 182 Å². The molecule has 1 aliphatic heterocycles. The fourth-order valence-corrected chi connectivity index (χ4v) is 3.60. The first kappa shape index (κ1) is 20.3. The first-order valence-electron chi connectivity index (χ1n) is 9.29. The first-order valence-corrected chi connectivity index (χ1v) is 10.1. The van der Waals surface area contributed by atoms with Gasteiger partial charge in [0.05, 0.1) is 16.6 Å². The van der Waals surface area contributed by atoms with Gasteiger partial charge in [0.1, 0.15) is 6.04 Å². The van der Waals surface area contributed by atoms with Crippen molar-refractivity contribution in [3.05, 3.63) is 64.2 Å². The summed E-state index contributed by atoms with van der Waals surface area (Å²) in [5.41, 5.74) is 1.16. The highest BCUT2D eigenvalue weighted by atomic mass is 35.5. The van der Waals surface area contributed by atoms with Gasteiger partial charge in [0.2, 0.25) is 17.6 Å². The molecule has 0 radical (unpaired) electrons. The van der Waals surface area contributed by atoms with E-state index in [1.54, 1.807) is 41.6 Å². The summed E-state index contributed by atoms with van der Waals surface area (Å²) in [6.45, 7) is 0.562. The molecule has 3 heterocycles. The lowest BCUT2D eigenvalue weighted by Crippen LogP contribution is -2.45. The summed E-state index contributed by atoms with van der Waals surface area (Å²) in [6.07, 6.45) is 4.57. The zero-order chi connectivity index (χ0) is 21.1. The second-order valence-corrected chi connectivity index (χ2v) is 7.57. The molecule has 1 saturated heterocycles. The normalized spacial score (nSPS) is 15.9. The van der Waals surface area contributed by atoms with Crippen LogP contribution in [-0.2, 0) is 11.3 Å². The predicted octanol–water partition coefficient (Wildman–Crippen LogP) is 3.36. The number of nitrogens with zero attached hydrogens (tertiary/aromatic N) is 4. The number of halogens is 2. The van der Waals surface area contributed by atoms with Gasteiger partial charge in [0.15, 0.2) is 0 Å². The second-order valence-electron chi connectivity index (χ2n) is 6.75. The zero-order valence-corrected chi connectivity index (χ0v) is 17.2. The number of aromatic nitrogens is 3. The minimum absolute atomic E-state index is 0.0716. The number of benzene rings is 1. The Kier molecular flexibility index (Phi) is 5.96. The molecule has 1 fully saturated rings. The third-order valence-corrected chi connectivity index (χ3v) is 5.54. The Bertz CT molecular complexity index is 1070. The predicted molar refractivity (Wildman–Crippen MR) is 110 cm³/mol. The molecule has 0 bridgehead atoms. The van der Waals surface area contributed by atoms with Crippen molar-refractivity contribution in [1.82, 2.24) is 25.3 Å². The number of pyridine rings is 1. The lowest BCUT2D eigenvalue weighted by atomic mass is 10.1. The Morgan fingerprint density at radius 1 is 1.17 bits per heavy atom. The molecule has 10 heteroatoms. The molecule has 0 aliphatic carbocycles. The highest BCUT2D eigenvalue weighted by molar-refractivity contribution is 6.42. The summed E-state index contributed by atoms with van der Waals surface area (Å²) < 4.78 is 5.20. The maximum atomic E-state index is 12.9. The van der Waals surface area contributed by atoms with Crippen LogP contribution in [0.3, 0.4) is 0 Å². The van der Waals surface area contributed by atoms with Crippen molar-refractivity contribution >= 4 is 35.0 Å². The van der Waals surface area contributed by atoms with Crippen LogP contribution in [0.4, 0.5) is 0 Å². The standard InChI is InChI=1S/C20H17Cl2N5O3/c21-14-4-3-13(10-15(14)22)20(29)27-9-1-2-16(27)19(28)24-11-17-25-18(26-30-17)12-5-7-23-8-6-12/h3-8,10,16H,1-2,9,11H2,(H,24,28). The number of hydrogen-bond acceptors (Lipinski definition) is 6. The molecular weight excluding hydrogens is 429 g/mol. The number of likely N-dealkylation sites (tertiary alicyclic amines) is 1. The van der Waals surface area contributed by atoms with Crippen molar-refractivity contribution in [3.63, 3.8) is 0 Å². The summed E-state index contributed by atoms with van der Waals surface area (Å²) in [7, 11) is 0. The maximum Gasteiger partial charge on any atom is 0.254 e. The molecule has 4 rings (SSSR count). The van der Waals surface area contributed by atoms with Crippen LogP contribution in [0.15, 0.2) is 47.2 Å². The van der Waals surface area contributed by atoms with Crippen molar-refractivity contribution in [2.75, 3.05) is 6.54 Å². The van der Waals surface area contributed by atoms with E-state index in [2.05, 4.69) is 20.4 Å². The highest BCUT2D eigenvalue weighted by Gasteiger charge is 2.34.